The minimum atomic E-state index is -3.09. The molecule has 5 heteroatoms. The predicted molar refractivity (Wildman–Crippen MR) is 69.4 cm³/mol. The van der Waals surface area contributed by atoms with Gasteiger partial charge in [-0.3, -0.25) is 0 Å². The molecule has 0 bridgehead atoms. The van der Waals surface area contributed by atoms with Crippen LogP contribution in [-0.4, -0.2) is 43.1 Å². The van der Waals surface area contributed by atoms with Crippen molar-refractivity contribution in [2.24, 2.45) is 0 Å². The molecular formula is C12H24N2O2S. The van der Waals surface area contributed by atoms with Gasteiger partial charge in [0.1, 0.15) is 0 Å². The Hall–Kier alpha value is -0.130. The van der Waals surface area contributed by atoms with E-state index in [1.165, 1.54) is 6.42 Å². The second kappa shape index (κ2) is 5.24. The van der Waals surface area contributed by atoms with Crippen LogP contribution in [0, 0.1) is 0 Å². The Labute approximate surface area is 105 Å². The number of piperazine rings is 1. The third-order valence-corrected chi connectivity index (χ3v) is 6.64. The first-order chi connectivity index (χ1) is 8.03. The van der Waals surface area contributed by atoms with Crippen LogP contribution in [0.5, 0.6) is 0 Å². The first-order valence-electron chi connectivity index (χ1n) is 6.76. The van der Waals surface area contributed by atoms with Gasteiger partial charge in [0, 0.05) is 25.2 Å². The molecule has 2 atom stereocenters. The van der Waals surface area contributed by atoms with E-state index in [-0.39, 0.29) is 17.3 Å². The van der Waals surface area contributed by atoms with E-state index in [0.29, 0.717) is 0 Å². The molecule has 2 rings (SSSR count). The summed E-state index contributed by atoms with van der Waals surface area (Å²) in [6, 6.07) is 0.177. The van der Waals surface area contributed by atoms with Gasteiger partial charge in [-0.25, -0.2) is 8.42 Å². The molecule has 2 aliphatic rings. The van der Waals surface area contributed by atoms with Gasteiger partial charge in [0.25, 0.3) is 0 Å². The summed E-state index contributed by atoms with van der Waals surface area (Å²) in [5.41, 5.74) is 0. The van der Waals surface area contributed by atoms with Crippen molar-refractivity contribution >= 4 is 10.0 Å². The standard InChI is InChI=1S/C12H24N2O2S/c1-10-8-13-9-11(2)14(10)17(15,16)12-6-4-3-5-7-12/h10-13H,3-9H2,1-2H3. The van der Waals surface area contributed by atoms with Crippen LogP contribution in [-0.2, 0) is 10.0 Å². The highest BCUT2D eigenvalue weighted by molar-refractivity contribution is 7.89. The number of hydrogen-bond donors (Lipinski definition) is 1. The Morgan fingerprint density at radius 1 is 1.00 bits per heavy atom. The van der Waals surface area contributed by atoms with Crippen molar-refractivity contribution in [3.8, 4) is 0 Å². The van der Waals surface area contributed by atoms with E-state index in [1.807, 2.05) is 13.8 Å². The van der Waals surface area contributed by atoms with Gasteiger partial charge in [0.15, 0.2) is 0 Å². The molecule has 1 N–H and O–H groups in total. The summed E-state index contributed by atoms with van der Waals surface area (Å²) in [6.07, 6.45) is 5.04. The zero-order chi connectivity index (χ0) is 12.5. The fourth-order valence-electron chi connectivity index (χ4n) is 3.15. The topological polar surface area (TPSA) is 49.4 Å². The van der Waals surface area contributed by atoms with Crippen LogP contribution < -0.4 is 5.32 Å². The Balaban J connectivity index is 2.17. The molecule has 0 amide bonds. The van der Waals surface area contributed by atoms with Crippen molar-refractivity contribution in [1.29, 1.82) is 0 Å². The van der Waals surface area contributed by atoms with Crippen molar-refractivity contribution in [2.45, 2.75) is 63.3 Å². The molecule has 100 valence electrons. The van der Waals surface area contributed by atoms with E-state index < -0.39 is 10.0 Å². The van der Waals surface area contributed by atoms with Gasteiger partial charge < -0.3 is 5.32 Å². The van der Waals surface area contributed by atoms with E-state index in [9.17, 15) is 8.42 Å². The normalized spacial score (nSPS) is 33.8. The average molecular weight is 260 g/mol. The molecule has 1 aliphatic carbocycles. The highest BCUT2D eigenvalue weighted by atomic mass is 32.2. The first kappa shape index (κ1) is 13.3. The molecule has 2 unspecified atom stereocenters. The fraction of sp³-hybridized carbons (Fsp3) is 1.00. The highest BCUT2D eigenvalue weighted by Gasteiger charge is 2.39. The van der Waals surface area contributed by atoms with Crippen LogP contribution in [0.25, 0.3) is 0 Å². The molecular weight excluding hydrogens is 236 g/mol. The summed E-state index contributed by atoms with van der Waals surface area (Å²) in [7, 11) is -3.09. The first-order valence-corrected chi connectivity index (χ1v) is 8.27. The van der Waals surface area contributed by atoms with Gasteiger partial charge in [-0.1, -0.05) is 19.3 Å². The van der Waals surface area contributed by atoms with E-state index in [4.69, 9.17) is 0 Å². The Morgan fingerprint density at radius 3 is 2.06 bits per heavy atom. The minimum absolute atomic E-state index is 0.0886. The largest absolute Gasteiger partial charge is 0.314 e. The van der Waals surface area contributed by atoms with Crippen LogP contribution in [0.2, 0.25) is 0 Å². The predicted octanol–water partition coefficient (Wildman–Crippen LogP) is 1.33. The highest BCUT2D eigenvalue weighted by Crippen LogP contribution is 2.28. The van der Waals surface area contributed by atoms with Gasteiger partial charge in [-0.15, -0.1) is 0 Å². The summed E-state index contributed by atoms with van der Waals surface area (Å²) in [6.45, 7) is 5.55. The monoisotopic (exact) mass is 260 g/mol. The third kappa shape index (κ3) is 2.66. The van der Waals surface area contributed by atoms with Crippen molar-refractivity contribution in [1.82, 2.24) is 9.62 Å². The molecule has 17 heavy (non-hydrogen) atoms. The summed E-state index contributed by atoms with van der Waals surface area (Å²) in [5.74, 6) is 0. The maximum atomic E-state index is 12.7. The van der Waals surface area contributed by atoms with E-state index in [1.54, 1.807) is 4.31 Å². The molecule has 2 fully saturated rings. The molecule has 0 aromatic carbocycles. The average Bonchev–Trinajstić information content (AvgIpc) is 2.29. The summed E-state index contributed by atoms with van der Waals surface area (Å²) >= 11 is 0. The molecule has 1 saturated carbocycles. The second-order valence-electron chi connectivity index (χ2n) is 5.49. The lowest BCUT2D eigenvalue weighted by atomic mass is 10.0. The number of hydrogen-bond acceptors (Lipinski definition) is 3. The lowest BCUT2D eigenvalue weighted by molar-refractivity contribution is 0.215. The molecule has 1 aliphatic heterocycles. The van der Waals surface area contributed by atoms with Gasteiger partial charge in [0.2, 0.25) is 10.0 Å². The Bertz CT molecular complexity index is 340. The molecule has 1 saturated heterocycles. The van der Waals surface area contributed by atoms with Gasteiger partial charge >= 0.3 is 0 Å². The van der Waals surface area contributed by atoms with E-state index in [0.717, 1.165) is 38.8 Å². The number of rotatable bonds is 2. The van der Waals surface area contributed by atoms with Gasteiger partial charge in [0.05, 0.1) is 5.25 Å². The van der Waals surface area contributed by atoms with Crippen molar-refractivity contribution in [3.63, 3.8) is 0 Å². The molecule has 0 spiro atoms. The maximum absolute atomic E-state index is 12.7. The van der Waals surface area contributed by atoms with Crippen LogP contribution in [0.1, 0.15) is 46.0 Å². The van der Waals surface area contributed by atoms with Crippen LogP contribution in [0.15, 0.2) is 0 Å². The van der Waals surface area contributed by atoms with E-state index in [2.05, 4.69) is 5.32 Å². The summed E-state index contributed by atoms with van der Waals surface area (Å²) in [4.78, 5) is 0. The Kier molecular flexibility index (Phi) is 4.10. The summed E-state index contributed by atoms with van der Waals surface area (Å²) < 4.78 is 27.1. The molecule has 0 radical (unpaired) electrons. The second-order valence-corrected chi connectivity index (χ2v) is 7.61. The smallest absolute Gasteiger partial charge is 0.217 e. The maximum Gasteiger partial charge on any atom is 0.217 e. The molecule has 0 aromatic heterocycles. The SMILES string of the molecule is CC1CNCC(C)N1S(=O)(=O)C1CCCCC1. The van der Waals surface area contributed by atoms with Crippen molar-refractivity contribution in [2.75, 3.05) is 13.1 Å². The van der Waals surface area contributed by atoms with Gasteiger partial charge in [-0.05, 0) is 26.7 Å². The fourth-order valence-corrected chi connectivity index (χ4v) is 5.58. The van der Waals surface area contributed by atoms with Crippen molar-refractivity contribution in [3.05, 3.63) is 0 Å². The minimum Gasteiger partial charge on any atom is -0.314 e. The van der Waals surface area contributed by atoms with Crippen LogP contribution in [0.3, 0.4) is 0 Å². The number of sulfonamides is 1. The lowest BCUT2D eigenvalue weighted by Gasteiger charge is -2.40. The third-order valence-electron chi connectivity index (χ3n) is 4.02. The number of nitrogens with zero attached hydrogens (tertiary/aromatic N) is 1. The van der Waals surface area contributed by atoms with Crippen molar-refractivity contribution < 1.29 is 8.42 Å². The van der Waals surface area contributed by atoms with Gasteiger partial charge in [-0.2, -0.15) is 4.31 Å². The molecule has 0 aromatic rings. The van der Waals surface area contributed by atoms with Crippen LogP contribution >= 0.6 is 0 Å². The Morgan fingerprint density at radius 2 is 1.53 bits per heavy atom. The lowest BCUT2D eigenvalue weighted by Crippen LogP contribution is -2.59. The molecule has 4 nitrogen and oxygen atoms in total. The zero-order valence-corrected chi connectivity index (χ0v) is 11.7. The summed E-state index contributed by atoms with van der Waals surface area (Å²) in [5, 5.41) is 3.16. The van der Waals surface area contributed by atoms with Crippen LogP contribution in [0.4, 0.5) is 0 Å². The van der Waals surface area contributed by atoms with E-state index >= 15 is 0 Å². The zero-order valence-electron chi connectivity index (χ0n) is 10.9. The quantitative estimate of drug-likeness (QED) is 0.815. The molecule has 1 heterocycles. The number of nitrogens with one attached hydrogen (secondary N) is 1.